The molecule has 0 bridgehead atoms. The highest BCUT2D eigenvalue weighted by Gasteiger charge is 2.48. The summed E-state index contributed by atoms with van der Waals surface area (Å²) in [6, 6.07) is 0. The van der Waals surface area contributed by atoms with Crippen molar-refractivity contribution in [3.05, 3.63) is 146 Å². The Morgan fingerprint density at radius 2 is 0.333 bits per heavy atom. The molecule has 4 saturated carbocycles. The van der Waals surface area contributed by atoms with Gasteiger partial charge in [-0.3, -0.25) is 0 Å². The summed E-state index contributed by atoms with van der Waals surface area (Å²) < 4.78 is 0. The lowest BCUT2D eigenvalue weighted by Gasteiger charge is -2.49. The zero-order valence-electron chi connectivity index (χ0n) is 45.5. The second-order valence-corrected chi connectivity index (χ2v) is 23.5. The van der Waals surface area contributed by atoms with Crippen LogP contribution in [-0.4, -0.2) is 120 Å². The van der Waals surface area contributed by atoms with Crippen molar-refractivity contribution in [1.29, 1.82) is 0 Å². The first kappa shape index (κ1) is 50.3. The third kappa shape index (κ3) is 9.23. The van der Waals surface area contributed by atoms with Gasteiger partial charge in [0, 0.05) is 110 Å². The normalized spacial score (nSPS) is 26.7. The third-order valence-corrected chi connectivity index (χ3v) is 19.2. The Balaban J connectivity index is 0.815. The van der Waals surface area contributed by atoms with E-state index in [-0.39, 0.29) is 71.0 Å². The molecule has 4 aliphatic carbocycles. The molecule has 0 amide bonds. The van der Waals surface area contributed by atoms with Crippen molar-refractivity contribution < 1.29 is 0 Å². The largest absolute Gasteiger partial charge is 0.249 e. The summed E-state index contributed by atoms with van der Waals surface area (Å²) in [5.41, 5.74) is 13.6. The van der Waals surface area contributed by atoms with Crippen LogP contribution in [0.1, 0.15) is 147 Å². The van der Waals surface area contributed by atoms with E-state index in [4.69, 9.17) is 69.8 Å². The van der Waals surface area contributed by atoms with Crippen LogP contribution in [0.2, 0.25) is 0 Å². The molecule has 12 aromatic rings. The average molecular weight is 1110 g/mol. The molecule has 0 N–H and O–H groups in total. The van der Waals surface area contributed by atoms with E-state index in [1.807, 2.05) is 0 Å². The molecule has 16 rings (SSSR count). The summed E-state index contributed by atoms with van der Waals surface area (Å²) in [4.78, 5) is 115. The Kier molecular flexibility index (Phi) is 12.8. The molecule has 0 radical (unpaired) electrons. The van der Waals surface area contributed by atoms with Crippen molar-refractivity contribution in [3.8, 4) is 0 Å². The van der Waals surface area contributed by atoms with Gasteiger partial charge in [-0.2, -0.15) is 0 Å². The van der Waals surface area contributed by atoms with Crippen LogP contribution in [0.5, 0.6) is 0 Å². The smallest absolute Gasteiger partial charge is 0.181 e. The SMILES string of the molecule is c1cnc2c(C3CC(c4ncnc5nccnc45)CC(C4CC(c5ncnc6nccnc56)CC(C5CC(c6ncnc7nccnc67)CC(C6CC(c7ncnc8nccnc78)CC(c7ncnc8nccnc78)C6)C5)C4)C3)ncnc2n1. The highest BCUT2D eigenvalue weighted by Crippen LogP contribution is 2.58. The first-order chi connectivity index (χ1) is 41.6. The van der Waals surface area contributed by atoms with Gasteiger partial charge in [-0.25, -0.2) is 120 Å². The maximum atomic E-state index is 5.14. The molecule has 24 heteroatoms. The summed E-state index contributed by atoms with van der Waals surface area (Å²) in [7, 11) is 0. The fourth-order valence-electron chi connectivity index (χ4n) is 15.9. The Labute approximate surface area is 479 Å². The van der Waals surface area contributed by atoms with Gasteiger partial charge in [0.05, 0.1) is 34.2 Å². The fourth-order valence-corrected chi connectivity index (χ4v) is 15.9. The minimum Gasteiger partial charge on any atom is -0.249 e. The van der Waals surface area contributed by atoms with Gasteiger partial charge in [0.25, 0.3) is 0 Å². The zero-order valence-corrected chi connectivity index (χ0v) is 45.5. The number of fused-ring (bicyclic) bond motifs is 6. The molecule has 12 aromatic heterocycles. The lowest BCUT2D eigenvalue weighted by Crippen LogP contribution is -2.38. The second-order valence-electron chi connectivity index (χ2n) is 23.5. The van der Waals surface area contributed by atoms with Crippen molar-refractivity contribution in [1.82, 2.24) is 120 Å². The van der Waals surface area contributed by atoms with Crippen molar-refractivity contribution in [2.24, 2.45) is 35.5 Å². The number of hydrogen-bond acceptors (Lipinski definition) is 24. The molecule has 414 valence electrons. The van der Waals surface area contributed by atoms with E-state index in [0.717, 1.165) is 144 Å². The van der Waals surface area contributed by atoms with Crippen molar-refractivity contribution >= 4 is 67.0 Å². The van der Waals surface area contributed by atoms with Crippen LogP contribution in [0.4, 0.5) is 0 Å². The standard InChI is InChI=1S/C60H54N24/c1-7-67-55-49(61-1)43(73-25-79-55)37-15-31(13-33(17-37)35-19-39(45-51-57(81-27-75-45)69-9-3-63-51)23-40(20-35)46-52-58(82-28-76-46)70-10-4-64-52)32-14-34(18-38(16-32)44-50-56(80-26-74-44)68-8-2-62-50)36-21-41(47-53-59(83-29-77-47)71-11-5-65-53)24-42(22-36)48-54-60(84-30-78-48)72-12-6-66-54/h1-12,25-42H,13-24H2. The Morgan fingerprint density at radius 1 is 0.167 bits per heavy atom. The van der Waals surface area contributed by atoms with Crippen LogP contribution in [0.25, 0.3) is 67.0 Å². The van der Waals surface area contributed by atoms with E-state index in [2.05, 4.69) is 49.8 Å². The number of nitrogens with zero attached hydrogens (tertiary/aromatic N) is 24. The molecule has 4 aliphatic rings. The first-order valence-electron chi connectivity index (χ1n) is 29.1. The van der Waals surface area contributed by atoms with Gasteiger partial charge in [-0.1, -0.05) is 0 Å². The lowest BCUT2D eigenvalue weighted by atomic mass is 9.56. The quantitative estimate of drug-likeness (QED) is 0.131. The van der Waals surface area contributed by atoms with Crippen LogP contribution in [0.15, 0.2) is 112 Å². The minimum atomic E-state index is 0.0287. The number of rotatable bonds is 9. The predicted octanol–water partition coefficient (Wildman–Crippen LogP) is 8.52. The third-order valence-electron chi connectivity index (χ3n) is 19.2. The Hall–Kier alpha value is -9.48. The molecule has 0 aliphatic heterocycles. The van der Waals surface area contributed by atoms with Crippen molar-refractivity contribution in [2.45, 2.75) is 113 Å². The zero-order chi connectivity index (χ0) is 55.5. The van der Waals surface area contributed by atoms with Crippen LogP contribution in [0.3, 0.4) is 0 Å². The van der Waals surface area contributed by atoms with Crippen LogP contribution in [0, 0.1) is 35.5 Å². The molecule has 24 nitrogen and oxygen atoms in total. The van der Waals surface area contributed by atoms with E-state index in [0.29, 0.717) is 33.9 Å². The van der Waals surface area contributed by atoms with Crippen LogP contribution < -0.4 is 0 Å². The first-order valence-corrected chi connectivity index (χ1v) is 29.1. The molecule has 12 heterocycles. The Morgan fingerprint density at radius 3 is 0.536 bits per heavy atom. The molecule has 84 heavy (non-hydrogen) atoms. The van der Waals surface area contributed by atoms with Gasteiger partial charge in [-0.05, 0) is 113 Å². The summed E-state index contributed by atoms with van der Waals surface area (Å²) in [5.74, 6) is 1.85. The van der Waals surface area contributed by atoms with Crippen molar-refractivity contribution in [3.63, 3.8) is 0 Å². The summed E-state index contributed by atoms with van der Waals surface area (Å²) in [5, 5.41) is 0. The van der Waals surface area contributed by atoms with E-state index in [1.165, 1.54) is 0 Å². The molecule has 10 unspecified atom stereocenters. The molecule has 10 atom stereocenters. The van der Waals surface area contributed by atoms with E-state index in [9.17, 15) is 0 Å². The van der Waals surface area contributed by atoms with Gasteiger partial charge in [0.2, 0.25) is 0 Å². The fraction of sp³-hybridized carbons (Fsp3) is 0.400. The maximum absolute atomic E-state index is 5.14. The van der Waals surface area contributed by atoms with Crippen LogP contribution >= 0.6 is 0 Å². The molecule has 0 aromatic carbocycles. The Bertz CT molecular complexity index is 3940. The summed E-state index contributed by atoms with van der Waals surface area (Å²) in [6.45, 7) is 0. The van der Waals surface area contributed by atoms with Gasteiger partial charge < -0.3 is 0 Å². The number of hydrogen-bond donors (Lipinski definition) is 0. The predicted molar refractivity (Wildman–Crippen MR) is 304 cm³/mol. The van der Waals surface area contributed by atoms with E-state index >= 15 is 0 Å². The van der Waals surface area contributed by atoms with E-state index in [1.54, 1.807) is 112 Å². The van der Waals surface area contributed by atoms with Gasteiger partial charge in [0.1, 0.15) is 71.1 Å². The minimum absolute atomic E-state index is 0.0287. The molecule has 0 spiro atoms. The topological polar surface area (TPSA) is 309 Å². The molecular formula is C60H54N24. The summed E-state index contributed by atoms with van der Waals surface area (Å²) >= 11 is 0. The molecule has 4 fully saturated rings. The average Bonchev–Trinajstić information content (AvgIpc) is 2.22. The molecule has 0 saturated heterocycles. The monoisotopic (exact) mass is 1110 g/mol. The number of aromatic nitrogens is 24. The maximum Gasteiger partial charge on any atom is 0.181 e. The summed E-state index contributed by atoms with van der Waals surface area (Å²) in [6.07, 6.45) is 41.5. The van der Waals surface area contributed by atoms with Gasteiger partial charge in [0.15, 0.2) is 33.9 Å². The lowest BCUT2D eigenvalue weighted by molar-refractivity contribution is 0.0523. The highest BCUT2D eigenvalue weighted by molar-refractivity contribution is 5.76. The van der Waals surface area contributed by atoms with Crippen molar-refractivity contribution in [2.75, 3.05) is 0 Å². The highest BCUT2D eigenvalue weighted by atomic mass is 15.0. The second kappa shape index (κ2) is 21.4. The van der Waals surface area contributed by atoms with Gasteiger partial charge in [-0.15, -0.1) is 0 Å². The van der Waals surface area contributed by atoms with Gasteiger partial charge >= 0.3 is 0 Å². The van der Waals surface area contributed by atoms with E-state index < -0.39 is 0 Å². The molecular weight excluding hydrogens is 1060 g/mol. The van der Waals surface area contributed by atoms with Crippen LogP contribution in [-0.2, 0) is 0 Å².